The van der Waals surface area contributed by atoms with Gasteiger partial charge in [0.05, 0.1) is 0 Å². The van der Waals surface area contributed by atoms with Crippen molar-refractivity contribution in [3.8, 4) is 0 Å². The lowest BCUT2D eigenvalue weighted by Crippen LogP contribution is -2.33. The molecule has 96 valence electrons. The average Bonchev–Trinajstić information content (AvgIpc) is 2.39. The molecule has 0 amide bonds. The minimum Gasteiger partial charge on any atom is -0.375 e. The van der Waals surface area contributed by atoms with Crippen molar-refractivity contribution in [2.45, 2.75) is 18.1 Å². The van der Waals surface area contributed by atoms with Gasteiger partial charge in [-0.05, 0) is 5.56 Å². The highest BCUT2D eigenvalue weighted by Gasteiger charge is 2.20. The summed E-state index contributed by atoms with van der Waals surface area (Å²) in [7, 11) is 4.93. The first-order valence-electron chi connectivity index (χ1n) is 5.52. The summed E-state index contributed by atoms with van der Waals surface area (Å²) in [6.45, 7) is 0. The van der Waals surface area contributed by atoms with Crippen LogP contribution in [0.2, 0.25) is 0 Å². The summed E-state index contributed by atoms with van der Waals surface area (Å²) >= 11 is 1.81. The first-order valence-corrected chi connectivity index (χ1v) is 6.67. The highest BCUT2D eigenvalue weighted by molar-refractivity contribution is 7.98. The Morgan fingerprint density at radius 1 is 1.00 bits per heavy atom. The Kier molecular flexibility index (Phi) is 7.28. The average molecular weight is 256 g/mol. The molecule has 0 radical (unpaired) electrons. The van der Waals surface area contributed by atoms with E-state index in [1.165, 1.54) is 5.56 Å². The molecular weight excluding hydrogens is 236 g/mol. The summed E-state index contributed by atoms with van der Waals surface area (Å²) in [5.74, 6) is 1.82. The van der Waals surface area contributed by atoms with Gasteiger partial charge in [-0.3, -0.25) is 0 Å². The van der Waals surface area contributed by atoms with Crippen molar-refractivity contribution in [1.82, 2.24) is 0 Å². The summed E-state index contributed by atoms with van der Waals surface area (Å²) in [5.41, 5.74) is 1.32. The first-order chi connectivity index (χ1) is 8.31. The first kappa shape index (κ1) is 14.5. The Morgan fingerprint density at radius 2 is 1.65 bits per heavy atom. The molecule has 3 nitrogen and oxygen atoms in total. The third kappa shape index (κ3) is 5.08. The molecule has 1 aromatic carbocycles. The summed E-state index contributed by atoms with van der Waals surface area (Å²) in [6, 6.07) is 10.4. The lowest BCUT2D eigenvalue weighted by Gasteiger charge is -2.23. The van der Waals surface area contributed by atoms with Crippen molar-refractivity contribution in [3.63, 3.8) is 0 Å². The standard InChI is InChI=1S/C13H20O3S/c1-14-12(13(15-2)16-3)10-17-9-11-7-5-4-6-8-11/h4-8,12-13H,9-10H2,1-3H3. The Morgan fingerprint density at radius 3 is 2.18 bits per heavy atom. The maximum atomic E-state index is 5.36. The van der Waals surface area contributed by atoms with E-state index in [1.54, 1.807) is 21.3 Å². The van der Waals surface area contributed by atoms with Crippen LogP contribution in [0.3, 0.4) is 0 Å². The second-order valence-corrected chi connectivity index (χ2v) is 4.64. The van der Waals surface area contributed by atoms with Crippen LogP contribution >= 0.6 is 11.8 Å². The molecule has 0 saturated carbocycles. The molecule has 0 fully saturated rings. The van der Waals surface area contributed by atoms with E-state index in [9.17, 15) is 0 Å². The molecule has 4 heteroatoms. The Hall–Kier alpha value is -0.550. The summed E-state index contributed by atoms with van der Waals surface area (Å²) in [6.07, 6.45) is -0.345. The highest BCUT2D eigenvalue weighted by Crippen LogP contribution is 2.16. The van der Waals surface area contributed by atoms with E-state index in [-0.39, 0.29) is 12.4 Å². The fourth-order valence-corrected chi connectivity index (χ4v) is 2.60. The monoisotopic (exact) mass is 256 g/mol. The quantitative estimate of drug-likeness (QED) is 0.668. The number of benzene rings is 1. The van der Waals surface area contributed by atoms with Gasteiger partial charge in [0.2, 0.25) is 0 Å². The molecule has 0 spiro atoms. The zero-order valence-electron chi connectivity index (χ0n) is 10.6. The van der Waals surface area contributed by atoms with Gasteiger partial charge in [-0.1, -0.05) is 30.3 Å². The van der Waals surface area contributed by atoms with E-state index < -0.39 is 0 Å². The predicted octanol–water partition coefficient (Wildman–Crippen LogP) is 2.55. The Balaban J connectivity index is 2.33. The van der Waals surface area contributed by atoms with Crippen LogP contribution in [0.25, 0.3) is 0 Å². The smallest absolute Gasteiger partial charge is 0.183 e. The molecule has 0 heterocycles. The normalized spacial score (nSPS) is 12.9. The zero-order valence-corrected chi connectivity index (χ0v) is 11.4. The van der Waals surface area contributed by atoms with Crippen LogP contribution in [0.5, 0.6) is 0 Å². The number of ether oxygens (including phenoxy) is 3. The molecule has 0 aliphatic carbocycles. The molecule has 0 aliphatic rings. The molecular formula is C13H20O3S. The van der Waals surface area contributed by atoms with Crippen LogP contribution in [-0.2, 0) is 20.0 Å². The summed E-state index contributed by atoms with van der Waals surface area (Å²) < 4.78 is 15.8. The second kappa shape index (κ2) is 8.53. The van der Waals surface area contributed by atoms with Gasteiger partial charge in [0.15, 0.2) is 6.29 Å². The molecule has 17 heavy (non-hydrogen) atoms. The molecule has 0 bridgehead atoms. The molecule has 1 aromatic rings. The minimum atomic E-state index is -0.303. The zero-order chi connectivity index (χ0) is 12.5. The number of hydrogen-bond donors (Lipinski definition) is 0. The van der Waals surface area contributed by atoms with Crippen molar-refractivity contribution in [3.05, 3.63) is 35.9 Å². The van der Waals surface area contributed by atoms with Crippen molar-refractivity contribution >= 4 is 11.8 Å². The summed E-state index contributed by atoms with van der Waals surface area (Å²) in [5, 5.41) is 0. The van der Waals surface area contributed by atoms with Crippen molar-refractivity contribution in [2.75, 3.05) is 27.1 Å². The van der Waals surface area contributed by atoms with E-state index in [4.69, 9.17) is 14.2 Å². The van der Waals surface area contributed by atoms with Gasteiger partial charge in [0.1, 0.15) is 6.10 Å². The van der Waals surface area contributed by atoms with Crippen molar-refractivity contribution in [1.29, 1.82) is 0 Å². The number of methoxy groups -OCH3 is 3. The van der Waals surface area contributed by atoms with E-state index in [1.807, 2.05) is 17.8 Å². The molecule has 1 atom stereocenters. The van der Waals surface area contributed by atoms with Crippen LogP contribution < -0.4 is 0 Å². The highest BCUT2D eigenvalue weighted by atomic mass is 32.2. The SMILES string of the molecule is COC(CSCc1ccccc1)C(OC)OC. The maximum absolute atomic E-state index is 5.36. The predicted molar refractivity (Wildman–Crippen MR) is 71.2 cm³/mol. The van der Waals surface area contributed by atoms with E-state index >= 15 is 0 Å². The fourth-order valence-electron chi connectivity index (χ4n) is 1.52. The maximum Gasteiger partial charge on any atom is 0.183 e. The third-order valence-corrected chi connectivity index (χ3v) is 3.57. The molecule has 0 aromatic heterocycles. The van der Waals surface area contributed by atoms with Crippen LogP contribution in [0, 0.1) is 0 Å². The Bertz CT molecular complexity index is 288. The van der Waals surface area contributed by atoms with Gasteiger partial charge in [-0.2, -0.15) is 11.8 Å². The van der Waals surface area contributed by atoms with Gasteiger partial charge in [-0.15, -0.1) is 0 Å². The topological polar surface area (TPSA) is 27.7 Å². The van der Waals surface area contributed by atoms with E-state index in [0.717, 1.165) is 11.5 Å². The largest absolute Gasteiger partial charge is 0.375 e. The lowest BCUT2D eigenvalue weighted by atomic mass is 10.2. The van der Waals surface area contributed by atoms with Crippen LogP contribution in [0.1, 0.15) is 5.56 Å². The van der Waals surface area contributed by atoms with Crippen LogP contribution in [0.15, 0.2) is 30.3 Å². The van der Waals surface area contributed by atoms with Crippen molar-refractivity contribution in [2.24, 2.45) is 0 Å². The van der Waals surface area contributed by atoms with Crippen molar-refractivity contribution < 1.29 is 14.2 Å². The number of thioether (sulfide) groups is 1. The third-order valence-electron chi connectivity index (χ3n) is 2.46. The lowest BCUT2D eigenvalue weighted by molar-refractivity contribution is -0.165. The number of hydrogen-bond acceptors (Lipinski definition) is 4. The number of rotatable bonds is 8. The molecule has 0 saturated heterocycles. The molecule has 1 rings (SSSR count). The molecule has 0 aliphatic heterocycles. The van der Waals surface area contributed by atoms with Crippen LogP contribution in [0.4, 0.5) is 0 Å². The van der Waals surface area contributed by atoms with Gasteiger partial charge >= 0.3 is 0 Å². The van der Waals surface area contributed by atoms with Gasteiger partial charge < -0.3 is 14.2 Å². The Labute approximate surface area is 107 Å². The van der Waals surface area contributed by atoms with E-state index in [2.05, 4.69) is 24.3 Å². The van der Waals surface area contributed by atoms with E-state index in [0.29, 0.717) is 0 Å². The molecule has 0 N–H and O–H groups in total. The van der Waals surface area contributed by atoms with Gasteiger partial charge in [0.25, 0.3) is 0 Å². The summed E-state index contributed by atoms with van der Waals surface area (Å²) in [4.78, 5) is 0. The molecule has 1 unspecified atom stereocenters. The van der Waals surface area contributed by atoms with Crippen LogP contribution in [-0.4, -0.2) is 39.5 Å². The fraction of sp³-hybridized carbons (Fsp3) is 0.538. The van der Waals surface area contributed by atoms with Gasteiger partial charge in [-0.25, -0.2) is 0 Å². The van der Waals surface area contributed by atoms with Gasteiger partial charge in [0, 0.05) is 32.8 Å². The minimum absolute atomic E-state index is 0.0429. The second-order valence-electron chi connectivity index (χ2n) is 3.61.